The predicted molar refractivity (Wildman–Crippen MR) is 102 cm³/mol. The number of nitrogens with one attached hydrogen (secondary N) is 2. The lowest BCUT2D eigenvalue weighted by Gasteiger charge is -2.12. The topological polar surface area (TPSA) is 76.7 Å². The standard InChI is InChI=1S/C19H21BrN2O4/c1-4-25-16-9-8-14(10-15(16)20)19(24)22-21-17(23)11-26-18-12(2)6-5-7-13(18)3/h5-10H,4,11H2,1-3H3,(H,21,23)(H,22,24). The fourth-order valence-electron chi connectivity index (χ4n) is 2.31. The fraction of sp³-hybridized carbons (Fsp3) is 0.263. The van der Waals surface area contributed by atoms with Gasteiger partial charge >= 0.3 is 0 Å². The van der Waals surface area contributed by atoms with Crippen molar-refractivity contribution in [2.45, 2.75) is 20.8 Å². The number of benzene rings is 2. The van der Waals surface area contributed by atoms with Crippen LogP contribution in [0.3, 0.4) is 0 Å². The van der Waals surface area contributed by atoms with E-state index in [1.807, 2.05) is 39.0 Å². The van der Waals surface area contributed by atoms with Gasteiger partial charge in [0.05, 0.1) is 11.1 Å². The number of ether oxygens (including phenoxy) is 2. The normalized spacial score (nSPS) is 10.2. The van der Waals surface area contributed by atoms with Gasteiger partial charge in [-0.1, -0.05) is 18.2 Å². The summed E-state index contributed by atoms with van der Waals surface area (Å²) in [7, 11) is 0. The van der Waals surface area contributed by atoms with Crippen molar-refractivity contribution in [2.24, 2.45) is 0 Å². The van der Waals surface area contributed by atoms with E-state index in [-0.39, 0.29) is 6.61 Å². The zero-order chi connectivity index (χ0) is 19.1. The number of carbonyl (C=O) groups excluding carboxylic acids is 2. The highest BCUT2D eigenvalue weighted by molar-refractivity contribution is 9.10. The molecule has 0 unspecified atom stereocenters. The molecule has 6 nitrogen and oxygen atoms in total. The largest absolute Gasteiger partial charge is 0.493 e. The molecule has 0 aliphatic heterocycles. The van der Waals surface area contributed by atoms with Crippen molar-refractivity contribution >= 4 is 27.7 Å². The minimum atomic E-state index is -0.453. The lowest BCUT2D eigenvalue weighted by molar-refractivity contribution is -0.123. The molecular weight excluding hydrogens is 400 g/mol. The molecule has 0 heterocycles. The quantitative estimate of drug-likeness (QED) is 0.702. The minimum Gasteiger partial charge on any atom is -0.493 e. The summed E-state index contributed by atoms with van der Waals surface area (Å²) in [5, 5.41) is 0. The average Bonchev–Trinajstić information content (AvgIpc) is 2.61. The van der Waals surface area contributed by atoms with E-state index >= 15 is 0 Å². The molecule has 0 radical (unpaired) electrons. The third kappa shape index (κ3) is 5.23. The average molecular weight is 421 g/mol. The lowest BCUT2D eigenvalue weighted by Crippen LogP contribution is -2.43. The third-order valence-corrected chi connectivity index (χ3v) is 4.19. The Morgan fingerprint density at radius 3 is 2.35 bits per heavy atom. The van der Waals surface area contributed by atoms with Crippen molar-refractivity contribution in [1.82, 2.24) is 10.9 Å². The van der Waals surface area contributed by atoms with E-state index in [9.17, 15) is 9.59 Å². The van der Waals surface area contributed by atoms with Crippen LogP contribution in [0.1, 0.15) is 28.4 Å². The molecule has 0 aliphatic carbocycles. The molecule has 2 aromatic carbocycles. The highest BCUT2D eigenvalue weighted by Gasteiger charge is 2.11. The number of para-hydroxylation sites is 1. The van der Waals surface area contributed by atoms with Gasteiger partial charge in [0.25, 0.3) is 11.8 Å². The number of rotatable bonds is 6. The molecule has 0 bridgehead atoms. The molecule has 0 atom stereocenters. The maximum absolute atomic E-state index is 12.1. The van der Waals surface area contributed by atoms with E-state index in [1.54, 1.807) is 18.2 Å². The molecule has 0 aliphatic rings. The molecule has 0 aromatic heterocycles. The van der Waals surface area contributed by atoms with Gasteiger partial charge in [-0.2, -0.15) is 0 Å². The summed E-state index contributed by atoms with van der Waals surface area (Å²) in [6, 6.07) is 10.7. The molecule has 138 valence electrons. The highest BCUT2D eigenvalue weighted by Crippen LogP contribution is 2.26. The SMILES string of the molecule is CCOc1ccc(C(=O)NNC(=O)COc2c(C)cccc2C)cc1Br. The molecule has 2 N–H and O–H groups in total. The van der Waals surface area contributed by atoms with E-state index in [4.69, 9.17) is 9.47 Å². The first-order chi connectivity index (χ1) is 12.4. The van der Waals surface area contributed by atoms with Crippen molar-refractivity contribution in [3.05, 3.63) is 57.6 Å². The van der Waals surface area contributed by atoms with Crippen LogP contribution in [-0.2, 0) is 4.79 Å². The van der Waals surface area contributed by atoms with E-state index < -0.39 is 11.8 Å². The van der Waals surface area contributed by atoms with Gasteiger partial charge in [0, 0.05) is 5.56 Å². The molecule has 0 spiro atoms. The number of aryl methyl sites for hydroxylation is 2. The Labute approximate surface area is 161 Å². The molecule has 0 saturated heterocycles. The number of halogens is 1. The Hall–Kier alpha value is -2.54. The lowest BCUT2D eigenvalue weighted by atomic mass is 10.1. The second kappa shape index (κ2) is 9.24. The van der Waals surface area contributed by atoms with Crippen LogP contribution in [-0.4, -0.2) is 25.0 Å². The molecule has 2 aromatic rings. The van der Waals surface area contributed by atoms with Crippen LogP contribution in [0.25, 0.3) is 0 Å². The summed E-state index contributed by atoms with van der Waals surface area (Å²) in [5.41, 5.74) is 6.98. The first-order valence-corrected chi connectivity index (χ1v) is 8.92. The molecular formula is C19H21BrN2O4. The summed E-state index contributed by atoms with van der Waals surface area (Å²) in [4.78, 5) is 24.0. The van der Waals surface area contributed by atoms with Crippen LogP contribution >= 0.6 is 15.9 Å². The zero-order valence-corrected chi connectivity index (χ0v) is 16.5. The molecule has 26 heavy (non-hydrogen) atoms. The van der Waals surface area contributed by atoms with E-state index in [0.29, 0.717) is 28.1 Å². The Bertz CT molecular complexity index is 788. The molecule has 2 amide bonds. The monoisotopic (exact) mass is 420 g/mol. The van der Waals surface area contributed by atoms with Gasteiger partial charge in [-0.05, 0) is 66.0 Å². The number of hydrazine groups is 1. The Morgan fingerprint density at radius 1 is 1.04 bits per heavy atom. The molecule has 0 fully saturated rings. The first kappa shape index (κ1) is 19.8. The second-order valence-electron chi connectivity index (χ2n) is 5.59. The van der Waals surface area contributed by atoms with E-state index in [2.05, 4.69) is 26.8 Å². The van der Waals surface area contributed by atoms with Crippen molar-refractivity contribution < 1.29 is 19.1 Å². The maximum Gasteiger partial charge on any atom is 0.276 e. The number of amides is 2. The van der Waals surface area contributed by atoms with Crippen LogP contribution in [0, 0.1) is 13.8 Å². The Kier molecular flexibility index (Phi) is 7.03. The first-order valence-electron chi connectivity index (χ1n) is 8.13. The fourth-order valence-corrected chi connectivity index (χ4v) is 2.81. The van der Waals surface area contributed by atoms with Crippen LogP contribution in [0.4, 0.5) is 0 Å². The van der Waals surface area contributed by atoms with Gasteiger partial charge in [0.1, 0.15) is 11.5 Å². The van der Waals surface area contributed by atoms with E-state index in [1.165, 1.54) is 0 Å². The number of hydrogen-bond acceptors (Lipinski definition) is 4. The van der Waals surface area contributed by atoms with Crippen LogP contribution in [0.15, 0.2) is 40.9 Å². The number of hydrogen-bond donors (Lipinski definition) is 2. The van der Waals surface area contributed by atoms with Gasteiger partial charge in [0.2, 0.25) is 0 Å². The van der Waals surface area contributed by atoms with Crippen molar-refractivity contribution in [1.29, 1.82) is 0 Å². The van der Waals surface area contributed by atoms with Crippen LogP contribution < -0.4 is 20.3 Å². The zero-order valence-electron chi connectivity index (χ0n) is 14.9. The van der Waals surface area contributed by atoms with Crippen molar-refractivity contribution in [3.8, 4) is 11.5 Å². The third-order valence-electron chi connectivity index (χ3n) is 3.57. The maximum atomic E-state index is 12.1. The summed E-state index contributed by atoms with van der Waals surface area (Å²) in [5.74, 6) is 0.430. The van der Waals surface area contributed by atoms with Crippen molar-refractivity contribution in [3.63, 3.8) is 0 Å². The van der Waals surface area contributed by atoms with Gasteiger partial charge < -0.3 is 9.47 Å². The minimum absolute atomic E-state index is 0.195. The van der Waals surface area contributed by atoms with Crippen LogP contribution in [0.5, 0.6) is 11.5 Å². The van der Waals surface area contributed by atoms with Gasteiger partial charge in [0.15, 0.2) is 6.61 Å². The smallest absolute Gasteiger partial charge is 0.276 e. The van der Waals surface area contributed by atoms with Gasteiger partial charge in [-0.25, -0.2) is 0 Å². The number of carbonyl (C=O) groups is 2. The molecule has 0 saturated carbocycles. The van der Waals surface area contributed by atoms with E-state index in [0.717, 1.165) is 11.1 Å². The summed E-state index contributed by atoms with van der Waals surface area (Å²) < 4.78 is 11.6. The predicted octanol–water partition coefficient (Wildman–Crippen LogP) is 3.30. The summed E-state index contributed by atoms with van der Waals surface area (Å²) in [6.45, 7) is 6.03. The second-order valence-corrected chi connectivity index (χ2v) is 6.44. The Balaban J connectivity index is 1.87. The van der Waals surface area contributed by atoms with Gasteiger partial charge in [-0.15, -0.1) is 0 Å². The Morgan fingerprint density at radius 2 is 1.73 bits per heavy atom. The van der Waals surface area contributed by atoms with Crippen molar-refractivity contribution in [2.75, 3.05) is 13.2 Å². The molecule has 7 heteroatoms. The highest BCUT2D eigenvalue weighted by atomic mass is 79.9. The summed E-state index contributed by atoms with van der Waals surface area (Å²) >= 11 is 3.35. The summed E-state index contributed by atoms with van der Waals surface area (Å²) in [6.07, 6.45) is 0. The van der Waals surface area contributed by atoms with Gasteiger partial charge in [-0.3, -0.25) is 20.4 Å². The molecule has 2 rings (SSSR count). The van der Waals surface area contributed by atoms with Crippen LogP contribution in [0.2, 0.25) is 0 Å².